The number of benzene rings is 2. The molecule has 0 spiro atoms. The van der Waals surface area contributed by atoms with Crippen LogP contribution in [0.3, 0.4) is 0 Å². The molecule has 0 aliphatic heterocycles. The Bertz CT molecular complexity index is 713. The Labute approximate surface area is 129 Å². The molecule has 0 fully saturated rings. The summed E-state index contributed by atoms with van der Waals surface area (Å²) in [6.07, 6.45) is 0. The Morgan fingerprint density at radius 1 is 1.33 bits per heavy atom. The van der Waals surface area contributed by atoms with Gasteiger partial charge in [0.25, 0.3) is 5.91 Å². The van der Waals surface area contributed by atoms with E-state index in [4.69, 9.17) is 10.00 Å². The summed E-state index contributed by atoms with van der Waals surface area (Å²) >= 11 is 3.13. The van der Waals surface area contributed by atoms with Gasteiger partial charge in [0.15, 0.2) is 6.61 Å². The lowest BCUT2D eigenvalue weighted by atomic mass is 10.2. The molecule has 6 heteroatoms. The molecule has 106 valence electrons. The molecule has 4 nitrogen and oxygen atoms in total. The summed E-state index contributed by atoms with van der Waals surface area (Å²) in [5.41, 5.74) is 0.402. The number of carbonyl (C=O) groups is 1. The van der Waals surface area contributed by atoms with Gasteiger partial charge in [-0.3, -0.25) is 4.79 Å². The zero-order valence-electron chi connectivity index (χ0n) is 10.8. The largest absolute Gasteiger partial charge is 0.479 e. The second-order valence-corrected chi connectivity index (χ2v) is 4.97. The van der Waals surface area contributed by atoms with E-state index in [2.05, 4.69) is 21.2 Å². The summed E-state index contributed by atoms with van der Waals surface area (Å²) in [5, 5.41) is 11.0. The van der Waals surface area contributed by atoms with Crippen LogP contribution in [0.2, 0.25) is 0 Å². The van der Waals surface area contributed by atoms with Crippen molar-refractivity contribution in [3.8, 4) is 11.8 Å². The molecule has 2 rings (SSSR count). The molecule has 2 aromatic carbocycles. The van der Waals surface area contributed by atoms with Gasteiger partial charge >= 0.3 is 0 Å². The van der Waals surface area contributed by atoms with Gasteiger partial charge in [0.05, 0.1) is 5.56 Å². The predicted molar refractivity (Wildman–Crippen MR) is 79.6 cm³/mol. The minimum absolute atomic E-state index is 0.0541. The zero-order valence-corrected chi connectivity index (χ0v) is 12.4. The first-order valence-corrected chi connectivity index (χ1v) is 6.75. The van der Waals surface area contributed by atoms with Crippen molar-refractivity contribution in [1.82, 2.24) is 0 Å². The average molecular weight is 349 g/mol. The van der Waals surface area contributed by atoms with Crippen LogP contribution in [0.1, 0.15) is 10.4 Å². The molecule has 0 saturated heterocycles. The molecule has 1 amide bonds. The molecule has 0 atom stereocenters. The van der Waals surface area contributed by atoms with Crippen molar-refractivity contribution in [2.45, 2.75) is 0 Å². The van der Waals surface area contributed by atoms with E-state index in [-0.39, 0.29) is 12.2 Å². The number of carbonyl (C=O) groups excluding carboxylic acids is 1. The molecule has 0 aliphatic rings. The monoisotopic (exact) mass is 348 g/mol. The molecule has 0 heterocycles. The highest BCUT2D eigenvalue weighted by Gasteiger charge is 2.12. The second-order valence-electron chi connectivity index (χ2n) is 4.05. The third-order valence-electron chi connectivity index (χ3n) is 2.57. The van der Waals surface area contributed by atoms with E-state index in [1.807, 2.05) is 6.07 Å². The first-order chi connectivity index (χ1) is 10.1. The minimum atomic E-state index is -0.612. The van der Waals surface area contributed by atoms with E-state index in [9.17, 15) is 9.18 Å². The quantitative estimate of drug-likeness (QED) is 0.915. The Kier molecular flexibility index (Phi) is 4.90. The van der Waals surface area contributed by atoms with Crippen molar-refractivity contribution in [2.75, 3.05) is 11.9 Å². The van der Waals surface area contributed by atoms with Crippen molar-refractivity contribution >= 4 is 27.5 Å². The Hall–Kier alpha value is -2.39. The molecule has 0 unspecified atom stereocenters. The fourth-order valence-electron chi connectivity index (χ4n) is 1.65. The number of halogens is 2. The first-order valence-electron chi connectivity index (χ1n) is 5.96. The number of ether oxygens (including phenoxy) is 1. The fraction of sp³-hybridized carbons (Fsp3) is 0.0667. The van der Waals surface area contributed by atoms with Crippen LogP contribution in [0.5, 0.6) is 5.75 Å². The van der Waals surface area contributed by atoms with Crippen molar-refractivity contribution in [3.63, 3.8) is 0 Å². The van der Waals surface area contributed by atoms with Crippen LogP contribution in [-0.2, 0) is 0 Å². The van der Waals surface area contributed by atoms with Gasteiger partial charge in [-0.15, -0.1) is 0 Å². The zero-order chi connectivity index (χ0) is 15.2. The molecule has 21 heavy (non-hydrogen) atoms. The van der Waals surface area contributed by atoms with E-state index in [0.717, 1.165) is 0 Å². The van der Waals surface area contributed by atoms with E-state index >= 15 is 0 Å². The Morgan fingerprint density at radius 3 is 2.86 bits per heavy atom. The van der Waals surface area contributed by atoms with Gasteiger partial charge in [-0.25, -0.2) is 4.39 Å². The van der Waals surface area contributed by atoms with E-state index in [0.29, 0.717) is 15.9 Å². The maximum Gasteiger partial charge on any atom is 0.258 e. The number of nitrogens with zero attached hydrogens (tertiary/aromatic N) is 1. The van der Waals surface area contributed by atoms with E-state index in [1.54, 1.807) is 30.3 Å². The lowest BCUT2D eigenvalue weighted by Crippen LogP contribution is -2.13. The van der Waals surface area contributed by atoms with E-state index in [1.165, 1.54) is 12.1 Å². The smallest absolute Gasteiger partial charge is 0.258 e. The summed E-state index contributed by atoms with van der Waals surface area (Å²) in [6.45, 7) is -0.0846. The molecule has 0 saturated carbocycles. The van der Waals surface area contributed by atoms with Crippen LogP contribution in [-0.4, -0.2) is 12.5 Å². The van der Waals surface area contributed by atoms with Crippen LogP contribution < -0.4 is 10.1 Å². The van der Waals surface area contributed by atoms with E-state index < -0.39 is 11.7 Å². The lowest BCUT2D eigenvalue weighted by molar-refractivity contribution is 0.102. The molecular formula is C15H10BrFN2O2. The lowest BCUT2D eigenvalue weighted by Gasteiger charge is -2.08. The van der Waals surface area contributed by atoms with Crippen molar-refractivity contribution in [2.24, 2.45) is 0 Å². The molecule has 0 radical (unpaired) electrons. The minimum Gasteiger partial charge on any atom is -0.479 e. The number of hydrogen-bond donors (Lipinski definition) is 1. The normalized spacial score (nSPS) is 9.76. The molecule has 2 aromatic rings. The maximum absolute atomic E-state index is 13.7. The number of anilines is 1. The van der Waals surface area contributed by atoms with Gasteiger partial charge in [-0.1, -0.05) is 22.0 Å². The molecule has 0 aliphatic carbocycles. The highest BCUT2D eigenvalue weighted by atomic mass is 79.9. The standard InChI is InChI=1S/C15H10BrFN2O2/c16-10-4-5-13(14(17)8-10)15(20)19-11-2-1-3-12(9-11)21-7-6-18/h1-5,8-9H,7H2,(H,19,20). The summed E-state index contributed by atoms with van der Waals surface area (Å²) in [7, 11) is 0. The predicted octanol–water partition coefficient (Wildman–Crippen LogP) is 3.74. The van der Waals surface area contributed by atoms with Gasteiger partial charge < -0.3 is 10.1 Å². The van der Waals surface area contributed by atoms with Crippen LogP contribution >= 0.6 is 15.9 Å². The Balaban J connectivity index is 2.14. The number of nitriles is 1. The SMILES string of the molecule is N#CCOc1cccc(NC(=O)c2ccc(Br)cc2F)c1. The van der Waals surface area contributed by atoms with Crippen LogP contribution in [0, 0.1) is 17.1 Å². The number of amides is 1. The third-order valence-corrected chi connectivity index (χ3v) is 3.06. The molecule has 0 bridgehead atoms. The topological polar surface area (TPSA) is 62.1 Å². The summed E-state index contributed by atoms with van der Waals surface area (Å²) < 4.78 is 19.4. The number of nitrogens with one attached hydrogen (secondary N) is 1. The third kappa shape index (κ3) is 4.04. The highest BCUT2D eigenvalue weighted by molar-refractivity contribution is 9.10. The summed E-state index contributed by atoms with van der Waals surface area (Å²) in [5.74, 6) is -0.721. The molecule has 0 aromatic heterocycles. The average Bonchev–Trinajstić information content (AvgIpc) is 2.45. The maximum atomic E-state index is 13.7. The summed E-state index contributed by atoms with van der Waals surface area (Å²) in [4.78, 5) is 12.0. The van der Waals surface area contributed by atoms with Crippen LogP contribution in [0.4, 0.5) is 10.1 Å². The van der Waals surface area contributed by atoms with Crippen LogP contribution in [0.25, 0.3) is 0 Å². The first kappa shape index (κ1) is 15.0. The van der Waals surface area contributed by atoms with Gasteiger partial charge in [-0.05, 0) is 30.3 Å². The van der Waals surface area contributed by atoms with Gasteiger partial charge in [0.1, 0.15) is 17.6 Å². The number of rotatable bonds is 4. The van der Waals surface area contributed by atoms with Crippen molar-refractivity contribution in [1.29, 1.82) is 5.26 Å². The summed E-state index contributed by atoms with van der Waals surface area (Å²) in [6, 6.07) is 12.6. The fourth-order valence-corrected chi connectivity index (χ4v) is 1.98. The number of hydrogen-bond acceptors (Lipinski definition) is 3. The van der Waals surface area contributed by atoms with Crippen molar-refractivity contribution in [3.05, 3.63) is 58.3 Å². The van der Waals surface area contributed by atoms with Crippen LogP contribution in [0.15, 0.2) is 46.9 Å². The van der Waals surface area contributed by atoms with Gasteiger partial charge in [-0.2, -0.15) is 5.26 Å². The second kappa shape index (κ2) is 6.86. The highest BCUT2D eigenvalue weighted by Crippen LogP contribution is 2.20. The molecular weight excluding hydrogens is 339 g/mol. The van der Waals surface area contributed by atoms with Gasteiger partial charge in [0.2, 0.25) is 0 Å². The Morgan fingerprint density at radius 2 is 2.14 bits per heavy atom. The molecule has 1 N–H and O–H groups in total. The van der Waals surface area contributed by atoms with Crippen molar-refractivity contribution < 1.29 is 13.9 Å². The van der Waals surface area contributed by atoms with Gasteiger partial charge in [0, 0.05) is 16.2 Å².